The number of H-pyrrole nitrogens is 1. The van der Waals surface area contributed by atoms with Gasteiger partial charge in [0.15, 0.2) is 5.82 Å². The number of hydrogen-bond acceptors (Lipinski definition) is 3. The van der Waals surface area contributed by atoms with Crippen LogP contribution in [0.4, 0.5) is 0 Å². The van der Waals surface area contributed by atoms with E-state index in [1.807, 2.05) is 6.92 Å². The Labute approximate surface area is 77.9 Å². The fourth-order valence-electron chi connectivity index (χ4n) is 2.04. The Kier molecular flexibility index (Phi) is 2.07. The normalized spacial score (nSPS) is 20.8. The quantitative estimate of drug-likeness (QED) is 0.711. The van der Waals surface area contributed by atoms with Crippen molar-refractivity contribution in [3.8, 4) is 0 Å². The second-order valence-corrected chi connectivity index (χ2v) is 4.08. The molecule has 0 bridgehead atoms. The van der Waals surface area contributed by atoms with Crippen LogP contribution in [0.1, 0.15) is 37.3 Å². The molecule has 1 aromatic rings. The first-order valence-corrected chi connectivity index (χ1v) is 4.85. The number of aromatic nitrogens is 3. The summed E-state index contributed by atoms with van der Waals surface area (Å²) in [5.41, 5.74) is 6.17. The van der Waals surface area contributed by atoms with Crippen LogP contribution >= 0.6 is 0 Å². The predicted octanol–water partition coefficient (Wildman–Crippen LogP) is 0.927. The van der Waals surface area contributed by atoms with Crippen molar-refractivity contribution in [2.45, 2.75) is 44.6 Å². The molecule has 0 spiro atoms. The molecule has 0 radical (unpaired) electrons. The zero-order valence-electron chi connectivity index (χ0n) is 8.01. The van der Waals surface area contributed by atoms with Crippen molar-refractivity contribution in [2.75, 3.05) is 0 Å². The Hall–Kier alpha value is -0.900. The Morgan fingerprint density at radius 2 is 2.15 bits per heavy atom. The molecule has 2 rings (SSSR count). The van der Waals surface area contributed by atoms with Crippen LogP contribution in [0.5, 0.6) is 0 Å². The standard InChI is InChI=1S/C9H16N4/c1-7-11-8(13-12-7)6-9(10)4-2-3-5-9/h2-6,10H2,1H3,(H,11,12,13). The summed E-state index contributed by atoms with van der Waals surface area (Å²) in [6.45, 7) is 1.91. The third-order valence-electron chi connectivity index (χ3n) is 2.75. The molecule has 4 heteroatoms. The minimum atomic E-state index is -0.0331. The summed E-state index contributed by atoms with van der Waals surface area (Å²) in [4.78, 5) is 4.27. The van der Waals surface area contributed by atoms with Crippen molar-refractivity contribution in [1.29, 1.82) is 0 Å². The van der Waals surface area contributed by atoms with Gasteiger partial charge in [0, 0.05) is 12.0 Å². The lowest BCUT2D eigenvalue weighted by molar-refractivity contribution is 0.427. The lowest BCUT2D eigenvalue weighted by Crippen LogP contribution is -2.39. The average molecular weight is 180 g/mol. The smallest absolute Gasteiger partial charge is 0.152 e. The molecule has 3 N–H and O–H groups in total. The number of rotatable bonds is 2. The largest absolute Gasteiger partial charge is 0.325 e. The van der Waals surface area contributed by atoms with Crippen molar-refractivity contribution in [1.82, 2.24) is 15.2 Å². The number of aromatic amines is 1. The van der Waals surface area contributed by atoms with Crippen LogP contribution < -0.4 is 5.73 Å². The highest BCUT2D eigenvalue weighted by Gasteiger charge is 2.30. The third kappa shape index (κ3) is 1.88. The van der Waals surface area contributed by atoms with Gasteiger partial charge < -0.3 is 5.73 Å². The molecular formula is C9H16N4. The first-order chi connectivity index (χ1) is 6.18. The lowest BCUT2D eigenvalue weighted by Gasteiger charge is -2.21. The number of aryl methyl sites for hydroxylation is 1. The maximum Gasteiger partial charge on any atom is 0.152 e. The van der Waals surface area contributed by atoms with E-state index in [4.69, 9.17) is 5.73 Å². The van der Waals surface area contributed by atoms with Gasteiger partial charge in [-0.25, -0.2) is 4.98 Å². The maximum atomic E-state index is 6.21. The monoisotopic (exact) mass is 180 g/mol. The van der Waals surface area contributed by atoms with Crippen molar-refractivity contribution in [2.24, 2.45) is 5.73 Å². The van der Waals surface area contributed by atoms with Gasteiger partial charge in [0.05, 0.1) is 0 Å². The summed E-state index contributed by atoms with van der Waals surface area (Å²) in [7, 11) is 0. The van der Waals surface area contributed by atoms with Crippen molar-refractivity contribution < 1.29 is 0 Å². The van der Waals surface area contributed by atoms with Crippen LogP contribution in [-0.2, 0) is 6.42 Å². The van der Waals surface area contributed by atoms with Gasteiger partial charge in [-0.15, -0.1) is 0 Å². The fraction of sp³-hybridized carbons (Fsp3) is 0.778. The highest BCUT2D eigenvalue weighted by molar-refractivity contribution is 5.00. The van der Waals surface area contributed by atoms with E-state index in [1.54, 1.807) is 0 Å². The summed E-state index contributed by atoms with van der Waals surface area (Å²) < 4.78 is 0. The van der Waals surface area contributed by atoms with Gasteiger partial charge in [-0.05, 0) is 19.8 Å². The molecule has 0 atom stereocenters. The molecular weight excluding hydrogens is 164 g/mol. The average Bonchev–Trinajstić information content (AvgIpc) is 2.62. The number of nitrogens with one attached hydrogen (secondary N) is 1. The van der Waals surface area contributed by atoms with E-state index in [0.29, 0.717) is 0 Å². The van der Waals surface area contributed by atoms with E-state index in [-0.39, 0.29) is 5.54 Å². The van der Waals surface area contributed by atoms with Crippen LogP contribution in [0.15, 0.2) is 0 Å². The minimum Gasteiger partial charge on any atom is -0.325 e. The Morgan fingerprint density at radius 1 is 1.46 bits per heavy atom. The van der Waals surface area contributed by atoms with Crippen LogP contribution in [0, 0.1) is 6.92 Å². The molecule has 72 valence electrons. The highest BCUT2D eigenvalue weighted by Crippen LogP contribution is 2.29. The number of nitrogens with two attached hydrogens (primary N) is 1. The number of nitrogens with zero attached hydrogens (tertiary/aromatic N) is 2. The van der Waals surface area contributed by atoms with Gasteiger partial charge >= 0.3 is 0 Å². The minimum absolute atomic E-state index is 0.0331. The van der Waals surface area contributed by atoms with E-state index in [9.17, 15) is 0 Å². The first-order valence-electron chi connectivity index (χ1n) is 4.85. The predicted molar refractivity (Wildman–Crippen MR) is 50.2 cm³/mol. The Balaban J connectivity index is 2.04. The zero-order chi connectivity index (χ0) is 9.31. The van der Waals surface area contributed by atoms with Crippen LogP contribution in [-0.4, -0.2) is 20.7 Å². The van der Waals surface area contributed by atoms with Crippen molar-refractivity contribution in [3.63, 3.8) is 0 Å². The Bertz CT molecular complexity index is 286. The molecule has 0 aromatic carbocycles. The van der Waals surface area contributed by atoms with Gasteiger partial charge in [-0.3, -0.25) is 5.10 Å². The van der Waals surface area contributed by atoms with Gasteiger partial charge in [-0.1, -0.05) is 12.8 Å². The van der Waals surface area contributed by atoms with E-state index < -0.39 is 0 Å². The van der Waals surface area contributed by atoms with Gasteiger partial charge in [0.1, 0.15) is 5.82 Å². The highest BCUT2D eigenvalue weighted by atomic mass is 15.2. The van der Waals surface area contributed by atoms with Gasteiger partial charge in [-0.2, -0.15) is 5.10 Å². The van der Waals surface area contributed by atoms with Crippen LogP contribution in [0.25, 0.3) is 0 Å². The second-order valence-electron chi connectivity index (χ2n) is 4.08. The summed E-state index contributed by atoms with van der Waals surface area (Å²) in [5, 5.41) is 6.95. The van der Waals surface area contributed by atoms with E-state index in [1.165, 1.54) is 12.8 Å². The molecule has 0 amide bonds. The third-order valence-corrected chi connectivity index (χ3v) is 2.75. The SMILES string of the molecule is Cc1nc(CC2(N)CCCC2)n[nH]1. The first kappa shape index (κ1) is 8.69. The molecule has 1 saturated carbocycles. The molecule has 4 nitrogen and oxygen atoms in total. The van der Waals surface area contributed by atoms with E-state index >= 15 is 0 Å². The summed E-state index contributed by atoms with van der Waals surface area (Å²) in [6.07, 6.45) is 5.54. The van der Waals surface area contributed by atoms with Crippen molar-refractivity contribution >= 4 is 0 Å². The molecule has 0 unspecified atom stereocenters. The lowest BCUT2D eigenvalue weighted by atomic mass is 9.94. The molecule has 1 aromatic heterocycles. The topological polar surface area (TPSA) is 67.6 Å². The molecule has 1 fully saturated rings. The molecule has 13 heavy (non-hydrogen) atoms. The van der Waals surface area contributed by atoms with Crippen LogP contribution in [0.3, 0.4) is 0 Å². The fourth-order valence-corrected chi connectivity index (χ4v) is 2.04. The number of hydrogen-bond donors (Lipinski definition) is 2. The van der Waals surface area contributed by atoms with Gasteiger partial charge in [0.2, 0.25) is 0 Å². The summed E-state index contributed by atoms with van der Waals surface area (Å²) in [5.74, 6) is 1.73. The Morgan fingerprint density at radius 3 is 2.69 bits per heavy atom. The summed E-state index contributed by atoms with van der Waals surface area (Å²) in [6, 6.07) is 0. The molecule has 1 heterocycles. The maximum absolute atomic E-state index is 6.21. The molecule has 1 aliphatic rings. The molecule has 0 saturated heterocycles. The molecule has 1 aliphatic carbocycles. The van der Waals surface area contributed by atoms with E-state index in [2.05, 4.69) is 15.2 Å². The van der Waals surface area contributed by atoms with Gasteiger partial charge in [0.25, 0.3) is 0 Å². The summed E-state index contributed by atoms with van der Waals surface area (Å²) >= 11 is 0. The van der Waals surface area contributed by atoms with E-state index in [0.717, 1.165) is 30.9 Å². The second kappa shape index (κ2) is 3.10. The molecule has 0 aliphatic heterocycles. The zero-order valence-corrected chi connectivity index (χ0v) is 8.01. The van der Waals surface area contributed by atoms with Crippen molar-refractivity contribution in [3.05, 3.63) is 11.6 Å². The van der Waals surface area contributed by atoms with Crippen LogP contribution in [0.2, 0.25) is 0 Å².